The Balaban J connectivity index is 1.59. The molecule has 4 rings (SSSR count). The Labute approximate surface area is 160 Å². The number of hydrogen-bond donors (Lipinski definition) is 0. The topological polar surface area (TPSA) is 59.2 Å². The van der Waals surface area contributed by atoms with Crippen molar-refractivity contribution in [3.05, 3.63) is 54.4 Å². The van der Waals surface area contributed by atoms with Crippen LogP contribution in [0.15, 0.2) is 68.0 Å². The van der Waals surface area contributed by atoms with Crippen molar-refractivity contribution in [2.45, 2.75) is 34.8 Å². The molecular formula is C19H17N3O2S2. The predicted octanol–water partition coefficient (Wildman–Crippen LogP) is 5.11. The van der Waals surface area contributed by atoms with Crippen molar-refractivity contribution >= 4 is 40.8 Å². The second-order valence-electron chi connectivity index (χ2n) is 6.12. The van der Waals surface area contributed by atoms with Crippen LogP contribution < -0.4 is 4.90 Å². The Hall–Kier alpha value is -2.25. The van der Waals surface area contributed by atoms with E-state index in [0.717, 1.165) is 21.2 Å². The first-order valence-electron chi connectivity index (χ1n) is 8.28. The van der Waals surface area contributed by atoms with Crippen LogP contribution in [0.4, 0.5) is 11.4 Å². The first-order chi connectivity index (χ1) is 12.6. The molecule has 2 heterocycles. The van der Waals surface area contributed by atoms with E-state index in [2.05, 4.69) is 10.2 Å². The molecule has 0 unspecified atom stereocenters. The lowest BCUT2D eigenvalue weighted by molar-refractivity contribution is -0.115. The van der Waals surface area contributed by atoms with Crippen LogP contribution in [0.1, 0.15) is 25.7 Å². The fourth-order valence-electron chi connectivity index (χ4n) is 2.67. The molecule has 1 aromatic heterocycles. The monoisotopic (exact) mass is 383 g/mol. The van der Waals surface area contributed by atoms with Gasteiger partial charge in [0.2, 0.25) is 11.8 Å². The third kappa shape index (κ3) is 3.24. The first-order valence-corrected chi connectivity index (χ1v) is 10.1. The van der Waals surface area contributed by atoms with E-state index in [1.165, 1.54) is 11.8 Å². The molecule has 0 aliphatic carbocycles. The fraction of sp³-hybridized carbons (Fsp3) is 0.211. The number of carbonyl (C=O) groups excluding carboxylic acids is 1. The molecule has 0 saturated carbocycles. The van der Waals surface area contributed by atoms with Crippen molar-refractivity contribution in [3.63, 3.8) is 0 Å². The van der Waals surface area contributed by atoms with Gasteiger partial charge in [-0.2, -0.15) is 0 Å². The van der Waals surface area contributed by atoms with Gasteiger partial charge >= 0.3 is 0 Å². The molecule has 1 amide bonds. The standard InChI is InChI=1S/C19H17N3O2S2/c1-12(2)18-20-21-19(24-18)25-11-17(23)22-13-7-3-5-9-15(13)26-16-10-6-4-8-14(16)22/h3-10,12H,11H2,1-2H3. The number of nitrogens with zero attached hydrogens (tertiary/aromatic N) is 3. The van der Waals surface area contributed by atoms with Crippen LogP contribution in [0.2, 0.25) is 0 Å². The van der Waals surface area contributed by atoms with Crippen molar-refractivity contribution in [1.82, 2.24) is 10.2 Å². The number of thioether (sulfide) groups is 1. The van der Waals surface area contributed by atoms with Gasteiger partial charge in [0, 0.05) is 15.7 Å². The van der Waals surface area contributed by atoms with Crippen molar-refractivity contribution in [2.24, 2.45) is 0 Å². The van der Waals surface area contributed by atoms with E-state index in [1.807, 2.05) is 62.4 Å². The zero-order valence-electron chi connectivity index (χ0n) is 14.4. The summed E-state index contributed by atoms with van der Waals surface area (Å²) in [5, 5.41) is 8.45. The number of anilines is 2. The lowest BCUT2D eigenvalue weighted by Gasteiger charge is -2.30. The van der Waals surface area contributed by atoms with Crippen LogP contribution in [-0.2, 0) is 4.79 Å². The van der Waals surface area contributed by atoms with Crippen molar-refractivity contribution in [1.29, 1.82) is 0 Å². The van der Waals surface area contributed by atoms with Crippen LogP contribution in [-0.4, -0.2) is 21.9 Å². The molecule has 5 nitrogen and oxygen atoms in total. The number of rotatable bonds is 4. The number of amides is 1. The third-order valence-corrected chi connectivity index (χ3v) is 5.85. The molecule has 0 saturated heterocycles. The summed E-state index contributed by atoms with van der Waals surface area (Å²) in [6, 6.07) is 15.9. The number of para-hydroxylation sites is 2. The fourth-order valence-corrected chi connectivity index (χ4v) is 4.35. The summed E-state index contributed by atoms with van der Waals surface area (Å²) < 4.78 is 5.59. The number of benzene rings is 2. The van der Waals surface area contributed by atoms with Crippen molar-refractivity contribution in [3.8, 4) is 0 Å². The molecule has 0 fully saturated rings. The second-order valence-corrected chi connectivity index (χ2v) is 8.13. The average molecular weight is 383 g/mol. The number of carbonyl (C=O) groups is 1. The van der Waals surface area contributed by atoms with E-state index in [0.29, 0.717) is 11.1 Å². The van der Waals surface area contributed by atoms with Crippen LogP contribution in [0.5, 0.6) is 0 Å². The first kappa shape index (κ1) is 17.2. The molecule has 1 aliphatic heterocycles. The zero-order valence-corrected chi connectivity index (χ0v) is 16.0. The van der Waals surface area contributed by atoms with E-state index >= 15 is 0 Å². The SMILES string of the molecule is CC(C)c1nnc(SCC(=O)N2c3ccccc3Sc3ccccc32)o1. The van der Waals surface area contributed by atoms with Gasteiger partial charge < -0.3 is 4.42 Å². The second kappa shape index (κ2) is 7.17. The summed E-state index contributed by atoms with van der Waals surface area (Å²) in [5.74, 6) is 0.975. The lowest BCUT2D eigenvalue weighted by atomic mass is 10.2. The van der Waals surface area contributed by atoms with E-state index in [1.54, 1.807) is 16.7 Å². The van der Waals surface area contributed by atoms with Crippen LogP contribution >= 0.6 is 23.5 Å². The molecule has 0 spiro atoms. The summed E-state index contributed by atoms with van der Waals surface area (Å²) >= 11 is 2.95. The van der Waals surface area contributed by atoms with E-state index in [-0.39, 0.29) is 17.6 Å². The van der Waals surface area contributed by atoms with Gasteiger partial charge in [-0.1, -0.05) is 61.6 Å². The highest BCUT2D eigenvalue weighted by atomic mass is 32.2. The molecule has 2 aromatic carbocycles. The third-order valence-electron chi connectivity index (χ3n) is 3.92. The maximum atomic E-state index is 13.0. The summed E-state index contributed by atoms with van der Waals surface area (Å²) in [6.07, 6.45) is 0. The molecular weight excluding hydrogens is 366 g/mol. The van der Waals surface area contributed by atoms with Gasteiger partial charge in [0.1, 0.15) is 0 Å². The van der Waals surface area contributed by atoms with Gasteiger partial charge in [0.05, 0.1) is 17.1 Å². The van der Waals surface area contributed by atoms with Gasteiger partial charge in [-0.05, 0) is 24.3 Å². The number of hydrogen-bond acceptors (Lipinski definition) is 6. The van der Waals surface area contributed by atoms with E-state index in [9.17, 15) is 4.79 Å². The Morgan fingerprint density at radius 2 is 1.69 bits per heavy atom. The van der Waals surface area contributed by atoms with Gasteiger partial charge in [-0.25, -0.2) is 0 Å². The van der Waals surface area contributed by atoms with Crippen LogP contribution in [0, 0.1) is 0 Å². The maximum absolute atomic E-state index is 13.0. The molecule has 3 aromatic rings. The summed E-state index contributed by atoms with van der Waals surface area (Å²) in [6.45, 7) is 3.98. The average Bonchev–Trinajstić information content (AvgIpc) is 3.13. The van der Waals surface area contributed by atoms with E-state index in [4.69, 9.17) is 4.42 Å². The highest BCUT2D eigenvalue weighted by Crippen LogP contribution is 2.48. The van der Waals surface area contributed by atoms with Gasteiger partial charge in [0.15, 0.2) is 0 Å². The smallest absolute Gasteiger partial charge is 0.277 e. The molecule has 0 N–H and O–H groups in total. The van der Waals surface area contributed by atoms with Crippen molar-refractivity contribution in [2.75, 3.05) is 10.7 Å². The molecule has 26 heavy (non-hydrogen) atoms. The quantitative estimate of drug-likeness (QED) is 0.583. The highest BCUT2D eigenvalue weighted by Gasteiger charge is 2.28. The molecule has 1 aliphatic rings. The Bertz CT molecular complexity index is 910. The zero-order chi connectivity index (χ0) is 18.1. The minimum absolute atomic E-state index is 0.0144. The highest BCUT2D eigenvalue weighted by molar-refractivity contribution is 8.00. The summed E-state index contributed by atoms with van der Waals surface area (Å²) in [5.41, 5.74) is 1.82. The van der Waals surface area contributed by atoms with Gasteiger partial charge in [-0.15, -0.1) is 10.2 Å². The Morgan fingerprint density at radius 1 is 1.08 bits per heavy atom. The molecule has 132 valence electrons. The van der Waals surface area contributed by atoms with Gasteiger partial charge in [-0.3, -0.25) is 9.69 Å². The summed E-state index contributed by atoms with van der Waals surface area (Å²) in [7, 11) is 0. The minimum atomic E-state index is -0.0144. The minimum Gasteiger partial charge on any atom is -0.416 e. The largest absolute Gasteiger partial charge is 0.416 e. The van der Waals surface area contributed by atoms with Crippen LogP contribution in [0.3, 0.4) is 0 Å². The summed E-state index contributed by atoms with van der Waals surface area (Å²) in [4.78, 5) is 17.0. The molecule has 0 bridgehead atoms. The molecule has 0 atom stereocenters. The van der Waals surface area contributed by atoms with Gasteiger partial charge in [0.25, 0.3) is 5.22 Å². The molecule has 0 radical (unpaired) electrons. The maximum Gasteiger partial charge on any atom is 0.277 e. The number of aromatic nitrogens is 2. The van der Waals surface area contributed by atoms with Crippen LogP contribution in [0.25, 0.3) is 0 Å². The number of fused-ring (bicyclic) bond motifs is 2. The van der Waals surface area contributed by atoms with E-state index < -0.39 is 0 Å². The normalized spacial score (nSPS) is 12.8. The Morgan fingerprint density at radius 3 is 2.27 bits per heavy atom. The molecule has 7 heteroatoms. The lowest BCUT2D eigenvalue weighted by Crippen LogP contribution is -2.29. The Kier molecular flexibility index (Phi) is 4.74. The predicted molar refractivity (Wildman–Crippen MR) is 103 cm³/mol. The van der Waals surface area contributed by atoms with Crippen molar-refractivity contribution < 1.29 is 9.21 Å².